The lowest BCUT2D eigenvalue weighted by atomic mass is 9.91. The summed E-state index contributed by atoms with van der Waals surface area (Å²) in [6.07, 6.45) is 2.49. The van der Waals surface area contributed by atoms with Crippen LogP contribution in [0, 0.1) is 24.2 Å². The summed E-state index contributed by atoms with van der Waals surface area (Å²) in [6.45, 7) is 3.02. The first-order valence-corrected chi connectivity index (χ1v) is 11.8. The van der Waals surface area contributed by atoms with Crippen LogP contribution in [-0.4, -0.2) is 34.1 Å². The van der Waals surface area contributed by atoms with E-state index in [1.165, 1.54) is 6.33 Å². The average Bonchev–Trinajstić information content (AvgIpc) is 2.85. The molecule has 0 radical (unpaired) electrons. The molecule has 0 aliphatic carbocycles. The number of piperidine rings is 1. The standard InChI is InChI=1S/C25H24Cl2N6O2/c1-14-10-18(19(12-28)15-2-4-17(26)5-3-15)20(27)11-21(14)32-23-22(29)24(31-13-30-23)33-8-6-16(7-9-33)25(34)35/h2-5,10-11,13,16,19H,6-9,29H2,1H3,(H,34,35)(H,30,31,32). The van der Waals surface area contributed by atoms with Gasteiger partial charge in [0.05, 0.1) is 17.9 Å². The van der Waals surface area contributed by atoms with Crippen molar-refractivity contribution in [3.63, 3.8) is 0 Å². The van der Waals surface area contributed by atoms with Crippen LogP contribution in [-0.2, 0) is 4.79 Å². The quantitative estimate of drug-likeness (QED) is 0.403. The lowest BCUT2D eigenvalue weighted by Gasteiger charge is -2.31. The van der Waals surface area contributed by atoms with Crippen LogP contribution in [0.1, 0.15) is 35.4 Å². The minimum Gasteiger partial charge on any atom is -0.481 e. The number of nitrogens with zero attached hydrogens (tertiary/aromatic N) is 4. The number of rotatable bonds is 6. The first kappa shape index (κ1) is 24.6. The van der Waals surface area contributed by atoms with Gasteiger partial charge in [0.25, 0.3) is 0 Å². The second-order valence-corrected chi connectivity index (χ2v) is 9.33. The number of aryl methyl sites for hydroxylation is 1. The molecule has 1 aliphatic heterocycles. The van der Waals surface area contributed by atoms with Gasteiger partial charge < -0.3 is 21.1 Å². The summed E-state index contributed by atoms with van der Waals surface area (Å²) in [6, 6.07) is 13.1. The molecule has 0 saturated carbocycles. The zero-order chi connectivity index (χ0) is 25.1. The van der Waals surface area contributed by atoms with Crippen LogP contribution in [0.2, 0.25) is 10.0 Å². The fourth-order valence-electron chi connectivity index (χ4n) is 4.24. The highest BCUT2D eigenvalue weighted by atomic mass is 35.5. The number of hydrogen-bond donors (Lipinski definition) is 3. The molecule has 4 N–H and O–H groups in total. The lowest BCUT2D eigenvalue weighted by Crippen LogP contribution is -2.37. The Morgan fingerprint density at radius 3 is 2.54 bits per heavy atom. The summed E-state index contributed by atoms with van der Waals surface area (Å²) in [7, 11) is 0. The maximum atomic E-state index is 11.2. The monoisotopic (exact) mass is 510 g/mol. The summed E-state index contributed by atoms with van der Waals surface area (Å²) < 4.78 is 0. The van der Waals surface area contributed by atoms with Gasteiger partial charge in [-0.25, -0.2) is 9.97 Å². The molecule has 1 aliphatic rings. The molecule has 4 rings (SSSR count). The Labute approximate surface area is 213 Å². The Hall–Kier alpha value is -3.54. The fraction of sp³-hybridized carbons (Fsp3) is 0.280. The Morgan fingerprint density at radius 2 is 1.91 bits per heavy atom. The molecule has 1 saturated heterocycles. The number of nitriles is 1. The van der Waals surface area contributed by atoms with E-state index in [1.54, 1.807) is 18.2 Å². The van der Waals surface area contributed by atoms with Crippen LogP contribution in [0.3, 0.4) is 0 Å². The Morgan fingerprint density at radius 1 is 1.23 bits per heavy atom. The predicted octanol–water partition coefficient (Wildman–Crippen LogP) is 5.37. The van der Waals surface area contributed by atoms with Gasteiger partial charge in [0.2, 0.25) is 0 Å². The molecule has 0 spiro atoms. The third kappa shape index (κ3) is 5.26. The number of carboxylic acid groups (broad SMARTS) is 1. The SMILES string of the molecule is Cc1cc(C(C#N)c2ccc(Cl)cc2)c(Cl)cc1Nc1ncnc(N2CCC(C(=O)O)CC2)c1N. The molecular formula is C25H24Cl2N6O2. The van der Waals surface area contributed by atoms with Crippen molar-refractivity contribution in [2.45, 2.75) is 25.7 Å². The van der Waals surface area contributed by atoms with E-state index in [0.717, 1.165) is 11.1 Å². The zero-order valence-corrected chi connectivity index (χ0v) is 20.5. The summed E-state index contributed by atoms with van der Waals surface area (Å²) in [5, 5.41) is 23.3. The maximum absolute atomic E-state index is 11.2. The van der Waals surface area contributed by atoms with Crippen molar-refractivity contribution in [3.8, 4) is 6.07 Å². The van der Waals surface area contributed by atoms with E-state index in [4.69, 9.17) is 28.9 Å². The van der Waals surface area contributed by atoms with Crippen LogP contribution in [0.25, 0.3) is 0 Å². The van der Waals surface area contributed by atoms with Crippen molar-refractivity contribution in [1.82, 2.24) is 9.97 Å². The fourth-order valence-corrected chi connectivity index (χ4v) is 4.64. The van der Waals surface area contributed by atoms with Crippen molar-refractivity contribution in [1.29, 1.82) is 5.26 Å². The van der Waals surface area contributed by atoms with E-state index in [2.05, 4.69) is 21.4 Å². The largest absolute Gasteiger partial charge is 0.481 e. The number of carbonyl (C=O) groups is 1. The number of nitrogen functional groups attached to an aromatic ring is 1. The highest BCUT2D eigenvalue weighted by Gasteiger charge is 2.27. The molecule has 35 heavy (non-hydrogen) atoms. The van der Waals surface area contributed by atoms with E-state index in [-0.39, 0.29) is 5.92 Å². The Bertz CT molecular complexity index is 1280. The number of benzene rings is 2. The van der Waals surface area contributed by atoms with Crippen molar-refractivity contribution < 1.29 is 9.90 Å². The van der Waals surface area contributed by atoms with Gasteiger partial charge in [0.15, 0.2) is 11.6 Å². The molecule has 8 nitrogen and oxygen atoms in total. The van der Waals surface area contributed by atoms with Crippen LogP contribution in [0.15, 0.2) is 42.7 Å². The molecular weight excluding hydrogens is 487 g/mol. The molecule has 2 aromatic carbocycles. The summed E-state index contributed by atoms with van der Waals surface area (Å²) in [5.74, 6) is -0.666. The number of halogens is 2. The van der Waals surface area contributed by atoms with E-state index in [1.807, 2.05) is 30.0 Å². The van der Waals surface area contributed by atoms with Gasteiger partial charge in [-0.2, -0.15) is 5.26 Å². The van der Waals surface area contributed by atoms with E-state index in [0.29, 0.717) is 64.6 Å². The highest BCUT2D eigenvalue weighted by molar-refractivity contribution is 6.32. The van der Waals surface area contributed by atoms with E-state index in [9.17, 15) is 15.2 Å². The van der Waals surface area contributed by atoms with Gasteiger partial charge in [0, 0.05) is 28.8 Å². The van der Waals surface area contributed by atoms with Gasteiger partial charge in [-0.3, -0.25) is 4.79 Å². The Balaban J connectivity index is 1.58. The number of anilines is 4. The lowest BCUT2D eigenvalue weighted by molar-refractivity contribution is -0.142. The minimum absolute atomic E-state index is 0.347. The third-order valence-corrected chi connectivity index (χ3v) is 6.83. The van der Waals surface area contributed by atoms with Crippen LogP contribution in [0.4, 0.5) is 23.0 Å². The van der Waals surface area contributed by atoms with Crippen LogP contribution < -0.4 is 16.0 Å². The Kier molecular flexibility index (Phi) is 7.29. The topological polar surface area (TPSA) is 128 Å². The molecule has 2 heterocycles. The van der Waals surface area contributed by atoms with Crippen LogP contribution >= 0.6 is 23.2 Å². The van der Waals surface area contributed by atoms with E-state index < -0.39 is 11.9 Å². The van der Waals surface area contributed by atoms with Gasteiger partial charge in [-0.1, -0.05) is 41.4 Å². The molecule has 1 unspecified atom stereocenters. The molecule has 1 atom stereocenters. The molecule has 0 amide bonds. The van der Waals surface area contributed by atoms with Crippen LogP contribution in [0.5, 0.6) is 0 Å². The summed E-state index contributed by atoms with van der Waals surface area (Å²) in [5.41, 5.74) is 9.83. The number of nitrogens with one attached hydrogen (secondary N) is 1. The van der Waals surface area contributed by atoms with Crippen molar-refractivity contribution >= 4 is 52.2 Å². The van der Waals surface area contributed by atoms with E-state index >= 15 is 0 Å². The van der Waals surface area contributed by atoms with Crippen molar-refractivity contribution in [2.75, 3.05) is 29.0 Å². The average molecular weight is 511 g/mol. The second-order valence-electron chi connectivity index (χ2n) is 8.49. The minimum atomic E-state index is -0.770. The number of carboxylic acids is 1. The molecule has 1 aromatic heterocycles. The summed E-state index contributed by atoms with van der Waals surface area (Å²) in [4.78, 5) is 21.9. The first-order valence-electron chi connectivity index (χ1n) is 11.1. The molecule has 10 heteroatoms. The van der Waals surface area contributed by atoms with Gasteiger partial charge in [-0.15, -0.1) is 0 Å². The van der Waals surface area contributed by atoms with Crippen molar-refractivity contribution in [3.05, 3.63) is 69.5 Å². The number of hydrogen-bond acceptors (Lipinski definition) is 7. The predicted molar refractivity (Wildman–Crippen MR) is 137 cm³/mol. The first-order chi connectivity index (χ1) is 16.8. The molecule has 0 bridgehead atoms. The number of aliphatic carboxylic acids is 1. The smallest absolute Gasteiger partial charge is 0.306 e. The third-order valence-electron chi connectivity index (χ3n) is 6.25. The number of nitrogens with two attached hydrogens (primary N) is 1. The normalized spacial score (nSPS) is 14.9. The molecule has 1 fully saturated rings. The number of aromatic nitrogens is 2. The van der Waals surface area contributed by atoms with Gasteiger partial charge in [0.1, 0.15) is 12.0 Å². The van der Waals surface area contributed by atoms with Gasteiger partial charge in [-0.05, 0) is 54.7 Å². The molecule has 3 aromatic rings. The zero-order valence-electron chi connectivity index (χ0n) is 19.0. The second kappa shape index (κ2) is 10.4. The molecule has 180 valence electrons. The summed E-state index contributed by atoms with van der Waals surface area (Å²) >= 11 is 12.6. The van der Waals surface area contributed by atoms with Gasteiger partial charge >= 0.3 is 5.97 Å². The van der Waals surface area contributed by atoms with Crippen molar-refractivity contribution in [2.24, 2.45) is 5.92 Å². The maximum Gasteiger partial charge on any atom is 0.306 e. The highest BCUT2D eigenvalue weighted by Crippen LogP contribution is 2.37.